The van der Waals surface area contributed by atoms with Crippen LogP contribution in [0, 0.1) is 0 Å². The topological polar surface area (TPSA) is 43.8 Å². The van der Waals surface area contributed by atoms with Gasteiger partial charge in [-0.25, -0.2) is 4.79 Å². The Bertz CT molecular complexity index is 460. The normalized spacial score (nSPS) is 18.9. The van der Waals surface area contributed by atoms with Gasteiger partial charge in [-0.2, -0.15) is 0 Å². The molecule has 4 nitrogen and oxygen atoms in total. The summed E-state index contributed by atoms with van der Waals surface area (Å²) >= 11 is 0. The Hall–Kier alpha value is -1.71. The molecule has 0 aliphatic carbocycles. The molecule has 2 amide bonds. The lowest BCUT2D eigenvalue weighted by atomic mass is 9.96. The van der Waals surface area contributed by atoms with E-state index in [2.05, 4.69) is 0 Å². The van der Waals surface area contributed by atoms with Crippen molar-refractivity contribution in [2.75, 3.05) is 20.6 Å². The van der Waals surface area contributed by atoms with Crippen molar-refractivity contribution in [3.8, 4) is 5.75 Å². The fourth-order valence-corrected chi connectivity index (χ4v) is 2.85. The van der Waals surface area contributed by atoms with Gasteiger partial charge in [0.15, 0.2) is 0 Å². The van der Waals surface area contributed by atoms with Crippen molar-refractivity contribution in [3.63, 3.8) is 0 Å². The highest BCUT2D eigenvalue weighted by Crippen LogP contribution is 2.23. The summed E-state index contributed by atoms with van der Waals surface area (Å²) in [6.45, 7) is 0.863. The summed E-state index contributed by atoms with van der Waals surface area (Å²) in [5.41, 5.74) is 1.13. The van der Waals surface area contributed by atoms with Crippen LogP contribution in [0.15, 0.2) is 24.3 Å². The molecule has 1 saturated heterocycles. The number of hydrogen-bond donors (Lipinski definition) is 1. The van der Waals surface area contributed by atoms with E-state index in [4.69, 9.17) is 0 Å². The molecule has 1 N–H and O–H groups in total. The molecule has 2 rings (SSSR count). The summed E-state index contributed by atoms with van der Waals surface area (Å²) in [7, 11) is 3.62. The maximum Gasteiger partial charge on any atom is 0.319 e. The molecule has 1 fully saturated rings. The van der Waals surface area contributed by atoms with Gasteiger partial charge in [0, 0.05) is 26.7 Å². The highest BCUT2D eigenvalue weighted by atomic mass is 16.3. The van der Waals surface area contributed by atoms with E-state index in [-0.39, 0.29) is 6.03 Å². The standard InChI is InChI=1S/C16H24N2O2/c1-17(2)16(20)18-11-4-3-7-14(18)10-9-13-6-5-8-15(19)12-13/h5-6,8,12,14,19H,3-4,7,9-11H2,1-2H3/t14-/m1/s1. The molecule has 1 heterocycles. The SMILES string of the molecule is CN(C)C(=O)N1CCCC[C@@H]1CCc1cccc(O)c1. The molecule has 1 atom stereocenters. The smallest absolute Gasteiger partial charge is 0.319 e. The molecule has 1 aliphatic heterocycles. The number of carbonyl (C=O) groups is 1. The van der Waals surface area contributed by atoms with E-state index < -0.39 is 0 Å². The zero-order chi connectivity index (χ0) is 14.5. The molecule has 0 radical (unpaired) electrons. The number of nitrogens with zero attached hydrogens (tertiary/aromatic N) is 2. The van der Waals surface area contributed by atoms with E-state index in [9.17, 15) is 9.90 Å². The number of aromatic hydroxyl groups is 1. The Morgan fingerprint density at radius 2 is 2.20 bits per heavy atom. The zero-order valence-electron chi connectivity index (χ0n) is 12.4. The summed E-state index contributed by atoms with van der Waals surface area (Å²) in [5.74, 6) is 0.312. The number of likely N-dealkylation sites (tertiary alicyclic amines) is 1. The van der Waals surface area contributed by atoms with Gasteiger partial charge in [-0.3, -0.25) is 0 Å². The summed E-state index contributed by atoms with van der Waals surface area (Å²) in [4.78, 5) is 15.9. The van der Waals surface area contributed by atoms with Crippen molar-refractivity contribution in [3.05, 3.63) is 29.8 Å². The molecule has 0 aromatic heterocycles. The van der Waals surface area contributed by atoms with Crippen molar-refractivity contribution >= 4 is 6.03 Å². The van der Waals surface area contributed by atoms with Gasteiger partial charge in [0.2, 0.25) is 0 Å². The molecule has 4 heteroatoms. The third-order valence-corrected chi connectivity index (χ3v) is 3.93. The molecule has 0 unspecified atom stereocenters. The van der Waals surface area contributed by atoms with Gasteiger partial charge in [-0.15, -0.1) is 0 Å². The van der Waals surface area contributed by atoms with Crippen LogP contribution >= 0.6 is 0 Å². The minimum atomic E-state index is 0.116. The lowest BCUT2D eigenvalue weighted by Gasteiger charge is -2.37. The van der Waals surface area contributed by atoms with Crippen LogP contribution in [-0.4, -0.2) is 47.6 Å². The lowest BCUT2D eigenvalue weighted by Crippen LogP contribution is -2.48. The summed E-state index contributed by atoms with van der Waals surface area (Å²) in [5, 5.41) is 9.49. The molecule has 20 heavy (non-hydrogen) atoms. The Balaban J connectivity index is 1.97. The predicted octanol–water partition coefficient (Wildman–Crippen LogP) is 2.86. The fourth-order valence-electron chi connectivity index (χ4n) is 2.85. The summed E-state index contributed by atoms with van der Waals surface area (Å²) in [6, 6.07) is 7.83. The summed E-state index contributed by atoms with van der Waals surface area (Å²) < 4.78 is 0. The molecule has 1 aliphatic rings. The number of phenolic OH excluding ortho intramolecular Hbond substituents is 1. The number of carbonyl (C=O) groups excluding carboxylic acids is 1. The predicted molar refractivity (Wildman–Crippen MR) is 79.9 cm³/mol. The minimum absolute atomic E-state index is 0.116. The number of amides is 2. The van der Waals surface area contributed by atoms with Crippen LogP contribution in [0.1, 0.15) is 31.2 Å². The van der Waals surface area contributed by atoms with Crippen molar-refractivity contribution < 1.29 is 9.90 Å². The van der Waals surface area contributed by atoms with Crippen LogP contribution in [0.2, 0.25) is 0 Å². The largest absolute Gasteiger partial charge is 0.508 e. The van der Waals surface area contributed by atoms with Crippen LogP contribution in [0.4, 0.5) is 4.79 Å². The highest BCUT2D eigenvalue weighted by molar-refractivity contribution is 5.74. The quantitative estimate of drug-likeness (QED) is 0.922. The first-order valence-corrected chi connectivity index (χ1v) is 7.34. The van der Waals surface area contributed by atoms with Gasteiger partial charge < -0.3 is 14.9 Å². The maximum absolute atomic E-state index is 12.2. The average Bonchev–Trinajstić information content (AvgIpc) is 2.44. The van der Waals surface area contributed by atoms with Gasteiger partial charge in [0.25, 0.3) is 0 Å². The zero-order valence-corrected chi connectivity index (χ0v) is 12.4. The Labute approximate surface area is 121 Å². The highest BCUT2D eigenvalue weighted by Gasteiger charge is 2.27. The molecular weight excluding hydrogens is 252 g/mol. The van der Waals surface area contributed by atoms with Gasteiger partial charge in [-0.05, 0) is 49.8 Å². The first-order chi connectivity index (χ1) is 9.58. The number of phenols is 1. The van der Waals surface area contributed by atoms with Crippen molar-refractivity contribution in [2.45, 2.75) is 38.1 Å². The number of rotatable bonds is 3. The molecule has 0 saturated carbocycles. The Morgan fingerprint density at radius 1 is 1.40 bits per heavy atom. The van der Waals surface area contributed by atoms with Crippen molar-refractivity contribution in [1.82, 2.24) is 9.80 Å². The number of urea groups is 1. The molecule has 0 spiro atoms. The van der Waals surface area contributed by atoms with Crippen LogP contribution in [-0.2, 0) is 6.42 Å². The van der Waals surface area contributed by atoms with E-state index in [1.54, 1.807) is 17.0 Å². The van der Waals surface area contributed by atoms with Crippen molar-refractivity contribution in [2.24, 2.45) is 0 Å². The monoisotopic (exact) mass is 276 g/mol. The van der Waals surface area contributed by atoms with Crippen LogP contribution in [0.3, 0.4) is 0 Å². The molecular formula is C16H24N2O2. The van der Waals surface area contributed by atoms with Gasteiger partial charge in [-0.1, -0.05) is 12.1 Å². The third kappa shape index (κ3) is 3.65. The Morgan fingerprint density at radius 3 is 2.90 bits per heavy atom. The molecule has 0 bridgehead atoms. The first-order valence-electron chi connectivity index (χ1n) is 7.34. The van der Waals surface area contributed by atoms with E-state index in [0.717, 1.165) is 37.8 Å². The van der Waals surface area contributed by atoms with Crippen LogP contribution < -0.4 is 0 Å². The van der Waals surface area contributed by atoms with Gasteiger partial charge >= 0.3 is 6.03 Å². The fraction of sp³-hybridized carbons (Fsp3) is 0.562. The van der Waals surface area contributed by atoms with E-state index >= 15 is 0 Å². The van der Waals surface area contributed by atoms with E-state index in [0.29, 0.717) is 11.8 Å². The molecule has 1 aromatic rings. The van der Waals surface area contributed by atoms with Gasteiger partial charge in [0.1, 0.15) is 5.75 Å². The second kappa shape index (κ2) is 6.64. The molecule has 110 valence electrons. The summed E-state index contributed by atoms with van der Waals surface area (Å²) in [6.07, 6.45) is 5.24. The number of benzene rings is 1. The van der Waals surface area contributed by atoms with E-state index in [1.165, 1.54) is 6.42 Å². The van der Waals surface area contributed by atoms with Gasteiger partial charge in [0.05, 0.1) is 0 Å². The number of piperidine rings is 1. The second-order valence-corrected chi connectivity index (χ2v) is 5.73. The van der Waals surface area contributed by atoms with Crippen LogP contribution in [0.25, 0.3) is 0 Å². The first kappa shape index (κ1) is 14.7. The third-order valence-electron chi connectivity index (χ3n) is 3.93. The van der Waals surface area contributed by atoms with E-state index in [1.807, 2.05) is 31.1 Å². The number of aryl methyl sites for hydroxylation is 1. The minimum Gasteiger partial charge on any atom is -0.508 e. The number of hydrogen-bond acceptors (Lipinski definition) is 2. The van der Waals surface area contributed by atoms with Crippen LogP contribution in [0.5, 0.6) is 5.75 Å². The maximum atomic E-state index is 12.2. The molecule has 1 aromatic carbocycles. The Kier molecular flexibility index (Phi) is 4.88. The average molecular weight is 276 g/mol. The lowest BCUT2D eigenvalue weighted by molar-refractivity contribution is 0.125. The van der Waals surface area contributed by atoms with Crippen molar-refractivity contribution in [1.29, 1.82) is 0 Å². The second-order valence-electron chi connectivity index (χ2n) is 5.73.